The van der Waals surface area contributed by atoms with E-state index in [9.17, 15) is 13.2 Å². The van der Waals surface area contributed by atoms with Crippen LogP contribution >= 0.6 is 11.6 Å². The highest BCUT2D eigenvalue weighted by atomic mass is 35.5. The molecular weight excluding hydrogens is 658 g/mol. The van der Waals surface area contributed by atoms with Crippen molar-refractivity contribution in [3.63, 3.8) is 0 Å². The average molecular weight is 700 g/mol. The number of benzene rings is 3. The molecule has 10 nitrogen and oxygen atoms in total. The Morgan fingerprint density at radius 2 is 1.84 bits per heavy atom. The van der Waals surface area contributed by atoms with Gasteiger partial charge in [-0.1, -0.05) is 35.9 Å². The van der Waals surface area contributed by atoms with Gasteiger partial charge >= 0.3 is 0 Å². The van der Waals surface area contributed by atoms with Gasteiger partial charge in [-0.25, -0.2) is 13.4 Å². The van der Waals surface area contributed by atoms with Crippen LogP contribution in [0.4, 0.5) is 0 Å². The monoisotopic (exact) mass is 699 g/mol. The Morgan fingerprint density at radius 1 is 1.02 bits per heavy atom. The molecule has 0 spiro atoms. The number of carbonyl (C=O) groups excluding carboxylic acids is 1. The van der Waals surface area contributed by atoms with Crippen molar-refractivity contribution in [2.24, 2.45) is 0 Å². The molecule has 4 heterocycles. The quantitative estimate of drug-likeness (QED) is 0.176. The maximum atomic E-state index is 13.4. The molecule has 5 aromatic rings. The van der Waals surface area contributed by atoms with E-state index in [1.54, 1.807) is 6.07 Å². The van der Waals surface area contributed by atoms with E-state index in [1.165, 1.54) is 23.4 Å². The molecule has 12 heteroatoms. The normalized spacial score (nSPS) is 16.2. The maximum Gasteiger partial charge on any atom is 0.251 e. The summed E-state index contributed by atoms with van der Waals surface area (Å²) in [5.74, 6) is 0.468. The molecular formula is C37H42ClN7O3S. The lowest BCUT2D eigenvalue weighted by molar-refractivity contribution is 0.0938. The van der Waals surface area contributed by atoms with Crippen LogP contribution < -0.4 is 5.32 Å². The zero-order valence-corrected chi connectivity index (χ0v) is 29.7. The number of nitrogens with one attached hydrogen (secondary N) is 2. The van der Waals surface area contributed by atoms with Crippen LogP contribution in [0.5, 0.6) is 0 Å². The Hall–Kier alpha value is -4.03. The zero-order chi connectivity index (χ0) is 34.3. The minimum Gasteiger partial charge on any atom is -0.342 e. The summed E-state index contributed by atoms with van der Waals surface area (Å²) in [6.45, 7) is 8.79. The van der Waals surface area contributed by atoms with E-state index >= 15 is 0 Å². The number of halogens is 1. The maximum absolute atomic E-state index is 13.4. The summed E-state index contributed by atoms with van der Waals surface area (Å²) in [7, 11) is -3.37. The topological polar surface area (TPSA) is 116 Å². The fourth-order valence-corrected chi connectivity index (χ4v) is 8.05. The lowest BCUT2D eigenvalue weighted by Gasteiger charge is -2.26. The van der Waals surface area contributed by atoms with Crippen molar-refractivity contribution in [1.82, 2.24) is 34.3 Å². The van der Waals surface area contributed by atoms with E-state index in [-0.39, 0.29) is 18.5 Å². The summed E-state index contributed by atoms with van der Waals surface area (Å²) < 4.78 is 28.8. The van der Waals surface area contributed by atoms with E-state index in [4.69, 9.17) is 16.7 Å². The van der Waals surface area contributed by atoms with Crippen molar-refractivity contribution in [2.45, 2.75) is 58.7 Å². The van der Waals surface area contributed by atoms with Crippen molar-refractivity contribution < 1.29 is 13.2 Å². The number of imidazole rings is 1. The van der Waals surface area contributed by atoms with Gasteiger partial charge in [0.05, 0.1) is 29.0 Å². The van der Waals surface area contributed by atoms with Crippen molar-refractivity contribution in [3.8, 4) is 22.4 Å². The SMILES string of the molecule is Cc1ccc2nc([C@@H](C)NC(=O)c3cccc(-c4cc(-c5nn(CCCN6CCCC6)c6c5CN(S(C)(=O)=O)CC6)ccc4Cl)c3)[nH]c2c1. The number of aryl methyl sites for hydroxylation is 2. The highest BCUT2D eigenvalue weighted by Crippen LogP contribution is 2.36. The van der Waals surface area contributed by atoms with Gasteiger partial charge < -0.3 is 15.2 Å². The number of aromatic nitrogens is 4. The minimum atomic E-state index is -3.37. The fourth-order valence-electron chi connectivity index (χ4n) is 7.03. The second-order valence-corrected chi connectivity index (χ2v) is 15.7. The first-order chi connectivity index (χ1) is 23.5. The Kier molecular flexibility index (Phi) is 9.36. The Balaban J connectivity index is 1.15. The number of hydrogen-bond donors (Lipinski definition) is 2. The van der Waals surface area contributed by atoms with E-state index in [0.29, 0.717) is 29.4 Å². The van der Waals surface area contributed by atoms with Crippen LogP contribution in [0, 0.1) is 6.92 Å². The first-order valence-electron chi connectivity index (χ1n) is 17.0. The van der Waals surface area contributed by atoms with Crippen molar-refractivity contribution in [3.05, 3.63) is 93.9 Å². The second-order valence-electron chi connectivity index (χ2n) is 13.4. The molecule has 2 aliphatic rings. The van der Waals surface area contributed by atoms with Gasteiger partial charge in [-0.3, -0.25) is 9.48 Å². The molecule has 2 aromatic heterocycles. The number of likely N-dealkylation sites (tertiary alicyclic amines) is 1. The molecule has 1 saturated heterocycles. The third-order valence-corrected chi connectivity index (χ3v) is 11.3. The van der Waals surface area contributed by atoms with Crippen LogP contribution in [0.15, 0.2) is 60.7 Å². The van der Waals surface area contributed by atoms with Gasteiger partial charge in [-0.2, -0.15) is 9.40 Å². The molecule has 1 fully saturated rings. The second kappa shape index (κ2) is 13.7. The Labute approximate surface area is 292 Å². The van der Waals surface area contributed by atoms with Gasteiger partial charge in [0.1, 0.15) is 5.82 Å². The van der Waals surface area contributed by atoms with Crippen LogP contribution in [-0.4, -0.2) is 75.7 Å². The summed E-state index contributed by atoms with van der Waals surface area (Å²) in [6, 6.07) is 18.9. The highest BCUT2D eigenvalue weighted by molar-refractivity contribution is 7.88. The molecule has 256 valence electrons. The van der Waals surface area contributed by atoms with Gasteiger partial charge in [0.15, 0.2) is 0 Å². The predicted octanol–water partition coefficient (Wildman–Crippen LogP) is 6.35. The molecule has 0 aliphatic carbocycles. The Bertz CT molecular complexity index is 2130. The number of rotatable bonds is 10. The molecule has 0 saturated carbocycles. The summed E-state index contributed by atoms with van der Waals surface area (Å²) in [6.07, 6.45) is 5.38. The summed E-state index contributed by atoms with van der Waals surface area (Å²) in [4.78, 5) is 23.9. The molecule has 7 rings (SSSR count). The van der Waals surface area contributed by atoms with Crippen LogP contribution in [0.25, 0.3) is 33.4 Å². The number of amides is 1. The third-order valence-electron chi connectivity index (χ3n) is 9.70. The van der Waals surface area contributed by atoms with E-state index in [2.05, 4.69) is 24.9 Å². The van der Waals surface area contributed by atoms with Gasteiger partial charge in [0.2, 0.25) is 10.0 Å². The molecule has 1 amide bonds. The number of nitrogens with zero attached hydrogens (tertiary/aromatic N) is 5. The molecule has 1 atom stereocenters. The first kappa shape index (κ1) is 33.5. The van der Waals surface area contributed by atoms with Crippen LogP contribution in [0.3, 0.4) is 0 Å². The summed E-state index contributed by atoms with van der Waals surface area (Å²) in [5.41, 5.74) is 8.65. The third kappa shape index (κ3) is 7.17. The van der Waals surface area contributed by atoms with Gasteiger partial charge in [-0.05, 0) is 100 Å². The lowest BCUT2D eigenvalue weighted by Crippen LogP contribution is -2.35. The number of carbonyl (C=O) groups is 1. The van der Waals surface area contributed by atoms with Crippen molar-refractivity contribution in [2.75, 3.05) is 32.4 Å². The summed E-state index contributed by atoms with van der Waals surface area (Å²) in [5, 5.41) is 8.71. The minimum absolute atomic E-state index is 0.221. The van der Waals surface area contributed by atoms with E-state index in [0.717, 1.165) is 82.8 Å². The highest BCUT2D eigenvalue weighted by Gasteiger charge is 2.30. The zero-order valence-electron chi connectivity index (χ0n) is 28.2. The van der Waals surface area contributed by atoms with Gasteiger partial charge in [0, 0.05) is 59.0 Å². The number of H-pyrrole nitrogens is 1. The first-order valence-corrected chi connectivity index (χ1v) is 19.2. The average Bonchev–Trinajstić information content (AvgIpc) is 3.84. The largest absolute Gasteiger partial charge is 0.342 e. The van der Waals surface area contributed by atoms with Crippen molar-refractivity contribution >= 4 is 38.6 Å². The van der Waals surface area contributed by atoms with Crippen LogP contribution in [-0.2, 0) is 29.5 Å². The van der Waals surface area contributed by atoms with Crippen molar-refractivity contribution in [1.29, 1.82) is 0 Å². The van der Waals surface area contributed by atoms with Gasteiger partial charge in [0.25, 0.3) is 5.91 Å². The van der Waals surface area contributed by atoms with Crippen LogP contribution in [0.2, 0.25) is 5.02 Å². The summed E-state index contributed by atoms with van der Waals surface area (Å²) >= 11 is 6.80. The van der Waals surface area contributed by atoms with Gasteiger partial charge in [-0.15, -0.1) is 0 Å². The fraction of sp³-hybridized carbons (Fsp3) is 0.378. The molecule has 0 radical (unpaired) electrons. The molecule has 2 aliphatic heterocycles. The molecule has 2 N–H and O–H groups in total. The molecule has 0 unspecified atom stereocenters. The standard InChI is InChI=1S/C37H42ClN7O3S/c1-24-10-13-32-33(20-24)41-36(40-32)25(2)39-37(46)28-9-6-8-26(21-28)29-22-27(11-12-31(29)38)35-30-23-44(49(3,47)48)19-14-34(30)45(42-35)18-7-17-43-15-4-5-16-43/h6,8-13,20-22,25H,4-5,7,14-19,23H2,1-3H3,(H,39,46)(H,40,41)/t25-/m1/s1. The smallest absolute Gasteiger partial charge is 0.251 e. The number of sulfonamides is 1. The predicted molar refractivity (Wildman–Crippen MR) is 194 cm³/mol. The molecule has 3 aromatic carbocycles. The van der Waals surface area contributed by atoms with Crippen LogP contribution in [0.1, 0.15) is 65.2 Å². The Morgan fingerprint density at radius 3 is 2.63 bits per heavy atom. The van der Waals surface area contributed by atoms with E-state index < -0.39 is 10.0 Å². The number of hydrogen-bond acceptors (Lipinski definition) is 6. The molecule has 0 bridgehead atoms. The van der Waals surface area contributed by atoms with E-state index in [1.807, 2.05) is 68.4 Å². The lowest BCUT2D eigenvalue weighted by atomic mass is 9.97. The molecule has 49 heavy (non-hydrogen) atoms. The number of aromatic amines is 1. The number of fused-ring (bicyclic) bond motifs is 2.